The zero-order valence-electron chi connectivity index (χ0n) is 12.9. The van der Waals surface area contributed by atoms with E-state index < -0.39 is 5.60 Å². The van der Waals surface area contributed by atoms with Crippen molar-refractivity contribution in [2.45, 2.75) is 18.9 Å². The molecule has 2 rings (SSSR count). The van der Waals surface area contributed by atoms with Gasteiger partial charge in [-0.2, -0.15) is 0 Å². The van der Waals surface area contributed by atoms with Crippen molar-refractivity contribution in [2.24, 2.45) is 0 Å². The predicted molar refractivity (Wildman–Crippen MR) is 76.9 cm³/mol. The number of carbonyl (C=O) groups is 2. The van der Waals surface area contributed by atoms with E-state index in [2.05, 4.69) is 5.32 Å². The van der Waals surface area contributed by atoms with Gasteiger partial charge >= 0.3 is 0 Å². The van der Waals surface area contributed by atoms with Gasteiger partial charge in [-0.05, 0) is 0 Å². The summed E-state index contributed by atoms with van der Waals surface area (Å²) in [4.78, 5) is 27.4. The first-order chi connectivity index (χ1) is 10.1. The summed E-state index contributed by atoms with van der Waals surface area (Å²) in [6.45, 7) is 6.21. The molecule has 0 unspecified atom stereocenters. The Balaban J connectivity index is 2.04. The van der Waals surface area contributed by atoms with Crippen LogP contribution in [0.5, 0.6) is 0 Å². The predicted octanol–water partition coefficient (Wildman–Crippen LogP) is -0.928. The average Bonchev–Trinajstić information content (AvgIpc) is 2.68. The van der Waals surface area contributed by atoms with Crippen LogP contribution in [0, 0.1) is 0 Å². The minimum Gasteiger partial charge on any atom is -0.377 e. The second-order valence-electron chi connectivity index (χ2n) is 5.64. The molecule has 0 aromatic heterocycles. The Hall–Kier alpha value is -1.18. The van der Waals surface area contributed by atoms with Crippen LogP contribution < -0.4 is 5.32 Å². The standard InChI is InChI=1S/C14H25N3O4/c1-3-13(19)17-5-7-21-14(10-17)9-16(4-6-20-11-14)8-12(18)15-2/h3-11H2,1-2H3,(H,15,18)/t14-/m0/s1. The van der Waals surface area contributed by atoms with Gasteiger partial charge in [0.15, 0.2) is 0 Å². The van der Waals surface area contributed by atoms with Gasteiger partial charge in [-0.3, -0.25) is 14.5 Å². The van der Waals surface area contributed by atoms with Gasteiger partial charge in [-0.15, -0.1) is 0 Å². The molecule has 0 radical (unpaired) electrons. The summed E-state index contributed by atoms with van der Waals surface area (Å²) < 4.78 is 11.6. The van der Waals surface area contributed by atoms with Gasteiger partial charge in [0.05, 0.1) is 32.9 Å². The van der Waals surface area contributed by atoms with Crippen LogP contribution in [-0.2, 0) is 19.1 Å². The fraction of sp³-hybridized carbons (Fsp3) is 0.857. The van der Waals surface area contributed by atoms with Crippen LogP contribution in [0.2, 0.25) is 0 Å². The lowest BCUT2D eigenvalue weighted by Crippen LogP contribution is -2.60. The van der Waals surface area contributed by atoms with Gasteiger partial charge in [0.2, 0.25) is 11.8 Å². The Kier molecular flexibility index (Phi) is 5.55. The van der Waals surface area contributed by atoms with E-state index in [4.69, 9.17) is 9.47 Å². The highest BCUT2D eigenvalue weighted by molar-refractivity contribution is 5.77. The molecule has 2 aliphatic rings. The van der Waals surface area contributed by atoms with Crippen LogP contribution in [0.15, 0.2) is 0 Å². The maximum atomic E-state index is 11.9. The van der Waals surface area contributed by atoms with Crippen LogP contribution in [-0.4, -0.2) is 86.8 Å². The summed E-state index contributed by atoms with van der Waals surface area (Å²) in [5, 5.41) is 2.63. The monoisotopic (exact) mass is 299 g/mol. The Bertz CT molecular complexity index is 390. The van der Waals surface area contributed by atoms with E-state index in [1.54, 1.807) is 7.05 Å². The van der Waals surface area contributed by atoms with Crippen LogP contribution in [0.25, 0.3) is 0 Å². The molecule has 7 heteroatoms. The molecule has 1 N–H and O–H groups in total. The lowest BCUT2D eigenvalue weighted by Gasteiger charge is -2.43. The molecule has 1 spiro atoms. The Morgan fingerprint density at radius 2 is 2.05 bits per heavy atom. The largest absolute Gasteiger partial charge is 0.377 e. The fourth-order valence-corrected chi connectivity index (χ4v) is 2.87. The summed E-state index contributed by atoms with van der Waals surface area (Å²) >= 11 is 0. The quantitative estimate of drug-likeness (QED) is 0.729. The van der Waals surface area contributed by atoms with Crippen molar-refractivity contribution in [2.75, 3.05) is 59.6 Å². The number of nitrogens with zero attached hydrogens (tertiary/aromatic N) is 2. The Morgan fingerprint density at radius 1 is 1.24 bits per heavy atom. The normalized spacial score (nSPS) is 27.4. The van der Waals surface area contributed by atoms with Gasteiger partial charge in [-0.1, -0.05) is 6.92 Å². The number of morpholine rings is 1. The first-order valence-corrected chi connectivity index (χ1v) is 7.51. The van der Waals surface area contributed by atoms with Gasteiger partial charge in [0, 0.05) is 33.1 Å². The number of hydrogen-bond acceptors (Lipinski definition) is 5. The third-order valence-electron chi connectivity index (χ3n) is 3.98. The van der Waals surface area contributed by atoms with E-state index in [9.17, 15) is 9.59 Å². The summed E-state index contributed by atoms with van der Waals surface area (Å²) in [6.07, 6.45) is 0.499. The third-order valence-corrected chi connectivity index (χ3v) is 3.98. The summed E-state index contributed by atoms with van der Waals surface area (Å²) in [6, 6.07) is 0. The van der Waals surface area contributed by atoms with E-state index in [1.165, 1.54) is 0 Å². The molecular formula is C14H25N3O4. The summed E-state index contributed by atoms with van der Waals surface area (Å²) in [5.74, 6) is 0.115. The first kappa shape index (κ1) is 16.2. The lowest BCUT2D eigenvalue weighted by molar-refractivity contribution is -0.161. The zero-order valence-corrected chi connectivity index (χ0v) is 12.9. The maximum absolute atomic E-state index is 11.9. The average molecular weight is 299 g/mol. The fourth-order valence-electron chi connectivity index (χ4n) is 2.87. The maximum Gasteiger partial charge on any atom is 0.233 e. The zero-order chi connectivity index (χ0) is 15.3. The van der Waals surface area contributed by atoms with Crippen LogP contribution in [0.1, 0.15) is 13.3 Å². The molecule has 7 nitrogen and oxygen atoms in total. The highest BCUT2D eigenvalue weighted by Crippen LogP contribution is 2.23. The van der Waals surface area contributed by atoms with Crippen molar-refractivity contribution in [3.05, 3.63) is 0 Å². The molecule has 1 atom stereocenters. The van der Waals surface area contributed by atoms with Crippen molar-refractivity contribution < 1.29 is 19.1 Å². The van der Waals surface area contributed by atoms with Gasteiger partial charge in [0.25, 0.3) is 0 Å². The van der Waals surface area contributed by atoms with E-state index in [1.807, 2.05) is 16.7 Å². The molecule has 2 amide bonds. The van der Waals surface area contributed by atoms with Crippen LogP contribution in [0.4, 0.5) is 0 Å². The summed E-state index contributed by atoms with van der Waals surface area (Å²) in [7, 11) is 1.63. The molecule has 2 aliphatic heterocycles. The topological polar surface area (TPSA) is 71.1 Å². The highest BCUT2D eigenvalue weighted by Gasteiger charge is 2.41. The SMILES string of the molecule is CCC(=O)N1CCO[C@]2(COCCN(CC(=O)NC)C2)C1. The van der Waals surface area contributed by atoms with E-state index >= 15 is 0 Å². The van der Waals surface area contributed by atoms with E-state index in [0.717, 1.165) is 0 Å². The number of amides is 2. The van der Waals surface area contributed by atoms with Crippen molar-refractivity contribution in [3.63, 3.8) is 0 Å². The summed E-state index contributed by atoms with van der Waals surface area (Å²) in [5.41, 5.74) is -0.520. The van der Waals surface area contributed by atoms with E-state index in [0.29, 0.717) is 59.0 Å². The lowest BCUT2D eigenvalue weighted by atomic mass is 10.0. The smallest absolute Gasteiger partial charge is 0.233 e. The van der Waals surface area contributed by atoms with E-state index in [-0.39, 0.29) is 11.8 Å². The van der Waals surface area contributed by atoms with Crippen molar-refractivity contribution in [1.29, 1.82) is 0 Å². The third kappa shape index (κ3) is 4.15. The molecule has 21 heavy (non-hydrogen) atoms. The minimum atomic E-state index is -0.520. The number of nitrogens with one attached hydrogen (secondary N) is 1. The molecule has 120 valence electrons. The molecular weight excluding hydrogens is 274 g/mol. The molecule has 2 saturated heterocycles. The number of hydrogen-bond donors (Lipinski definition) is 1. The Labute approximate surface area is 125 Å². The van der Waals surface area contributed by atoms with Gasteiger partial charge in [-0.25, -0.2) is 0 Å². The first-order valence-electron chi connectivity index (χ1n) is 7.51. The number of carbonyl (C=O) groups excluding carboxylic acids is 2. The van der Waals surface area contributed by atoms with Crippen molar-refractivity contribution in [3.8, 4) is 0 Å². The van der Waals surface area contributed by atoms with Gasteiger partial charge < -0.3 is 19.7 Å². The van der Waals surface area contributed by atoms with Crippen LogP contribution in [0.3, 0.4) is 0 Å². The minimum absolute atomic E-state index is 0.0237. The molecule has 0 aromatic carbocycles. The number of rotatable bonds is 3. The Morgan fingerprint density at radius 3 is 2.76 bits per heavy atom. The second kappa shape index (κ2) is 7.20. The number of likely N-dealkylation sites (N-methyl/N-ethyl adjacent to an activating group) is 1. The molecule has 2 heterocycles. The molecule has 0 aliphatic carbocycles. The molecule has 0 bridgehead atoms. The van der Waals surface area contributed by atoms with Crippen LogP contribution >= 0.6 is 0 Å². The molecule has 0 aromatic rings. The molecule has 2 fully saturated rings. The van der Waals surface area contributed by atoms with Crippen molar-refractivity contribution >= 4 is 11.8 Å². The second-order valence-corrected chi connectivity index (χ2v) is 5.64. The van der Waals surface area contributed by atoms with Crippen molar-refractivity contribution in [1.82, 2.24) is 15.1 Å². The highest BCUT2D eigenvalue weighted by atomic mass is 16.5. The number of ether oxygens (including phenoxy) is 2. The van der Waals surface area contributed by atoms with Gasteiger partial charge in [0.1, 0.15) is 5.60 Å². The molecule has 0 saturated carbocycles.